The van der Waals surface area contributed by atoms with E-state index >= 15 is 0 Å². The molecule has 4 aromatic rings. The molecule has 40 heavy (non-hydrogen) atoms. The molecule has 0 spiro atoms. The third-order valence-electron chi connectivity index (χ3n) is 7.11. The van der Waals surface area contributed by atoms with Gasteiger partial charge in [0.2, 0.25) is 5.91 Å². The van der Waals surface area contributed by atoms with Crippen LogP contribution in [0.4, 0.5) is 11.4 Å². The molecule has 1 atom stereocenters. The molecule has 5 rings (SSSR count). The van der Waals surface area contributed by atoms with Crippen LogP contribution in [0.3, 0.4) is 0 Å². The maximum absolute atomic E-state index is 12.9. The Bertz CT molecular complexity index is 1590. The number of carbonyl (C=O) groups excluding carboxylic acids is 1. The molecule has 0 unspecified atom stereocenters. The number of amides is 1. The first kappa shape index (κ1) is 28.1. The number of rotatable bonds is 9. The van der Waals surface area contributed by atoms with Crippen LogP contribution in [0, 0.1) is 21.4 Å². The largest absolute Gasteiger partial charge is 0.491 e. The van der Waals surface area contributed by atoms with E-state index in [4.69, 9.17) is 14.5 Å². The number of nitro benzene ring substituents is 1. The van der Waals surface area contributed by atoms with Gasteiger partial charge >= 0.3 is 5.69 Å². The number of nitrogens with zero attached hydrogens (tertiary/aromatic N) is 5. The van der Waals surface area contributed by atoms with Gasteiger partial charge in [0, 0.05) is 10.9 Å². The first-order valence-electron chi connectivity index (χ1n) is 13.2. The minimum atomic E-state index is -0.538. The highest BCUT2D eigenvalue weighted by molar-refractivity contribution is 7.99. The minimum absolute atomic E-state index is 0.0420. The van der Waals surface area contributed by atoms with Gasteiger partial charge < -0.3 is 14.8 Å². The number of aromatic nitrogens is 4. The molecule has 11 nitrogen and oxygen atoms in total. The highest BCUT2D eigenvalue weighted by atomic mass is 32.2. The standard InChI is InChI=1S/C27H32N6O5S2/c1-6-37-19-12-18(33(35)36)20(38-7-2)11-17(19)29-22(34)13-39-26-31-30-24-23-16-9-8-15(27(3,4)5)10-21(16)40-25(23)28-14-32(24)26/h11-12,14-15H,6-10,13H2,1-5H3,(H,29,34)/t15-/m0/s1. The normalized spacial score (nSPS) is 15.3. The van der Waals surface area contributed by atoms with Crippen LogP contribution in [0.5, 0.6) is 11.5 Å². The Hall–Kier alpha value is -3.45. The van der Waals surface area contributed by atoms with Crippen LogP contribution >= 0.6 is 23.1 Å². The zero-order valence-electron chi connectivity index (χ0n) is 23.1. The van der Waals surface area contributed by atoms with E-state index < -0.39 is 4.92 Å². The van der Waals surface area contributed by atoms with Crippen LogP contribution in [-0.2, 0) is 17.6 Å². The van der Waals surface area contributed by atoms with Gasteiger partial charge in [0.15, 0.2) is 16.6 Å². The van der Waals surface area contributed by atoms with E-state index in [-0.39, 0.29) is 47.5 Å². The number of hydrogen-bond acceptors (Lipinski definition) is 10. The van der Waals surface area contributed by atoms with Gasteiger partial charge in [-0.05, 0) is 50.0 Å². The summed E-state index contributed by atoms with van der Waals surface area (Å²) in [6.45, 7) is 10.9. The molecule has 0 saturated heterocycles. The number of anilines is 1. The Labute approximate surface area is 239 Å². The van der Waals surface area contributed by atoms with E-state index in [1.54, 1.807) is 31.5 Å². The average Bonchev–Trinajstić information content (AvgIpc) is 3.48. The number of ether oxygens (including phenoxy) is 2. The van der Waals surface area contributed by atoms with Crippen molar-refractivity contribution in [2.75, 3.05) is 24.3 Å². The van der Waals surface area contributed by atoms with Crippen LogP contribution in [0.25, 0.3) is 15.9 Å². The Balaban J connectivity index is 1.35. The Morgan fingerprint density at radius 1 is 1.23 bits per heavy atom. The lowest BCUT2D eigenvalue weighted by Gasteiger charge is -2.33. The molecule has 13 heteroatoms. The number of carbonyl (C=O) groups is 1. The van der Waals surface area contributed by atoms with Crippen LogP contribution in [-0.4, -0.2) is 49.4 Å². The predicted molar refractivity (Wildman–Crippen MR) is 156 cm³/mol. The van der Waals surface area contributed by atoms with E-state index in [1.807, 2.05) is 4.40 Å². The molecule has 212 valence electrons. The van der Waals surface area contributed by atoms with Crippen LogP contribution < -0.4 is 14.8 Å². The molecule has 1 aromatic carbocycles. The van der Waals surface area contributed by atoms with Crippen molar-refractivity contribution >= 4 is 56.2 Å². The molecule has 1 aliphatic carbocycles. The summed E-state index contributed by atoms with van der Waals surface area (Å²) in [5, 5.41) is 24.8. The van der Waals surface area contributed by atoms with Crippen molar-refractivity contribution in [3.8, 4) is 11.5 Å². The highest BCUT2D eigenvalue weighted by Crippen LogP contribution is 2.44. The lowest BCUT2D eigenvalue weighted by molar-refractivity contribution is -0.385. The smallest absolute Gasteiger partial charge is 0.314 e. The van der Waals surface area contributed by atoms with Crippen molar-refractivity contribution in [2.24, 2.45) is 11.3 Å². The molecule has 3 aromatic heterocycles. The maximum Gasteiger partial charge on any atom is 0.314 e. The summed E-state index contributed by atoms with van der Waals surface area (Å²) in [4.78, 5) is 30.9. The van der Waals surface area contributed by atoms with Crippen molar-refractivity contribution in [1.82, 2.24) is 19.6 Å². The maximum atomic E-state index is 12.9. The SMILES string of the molecule is CCOc1cc([N+](=O)[O-])c(OCC)cc1NC(=O)CSc1nnc2c3c4c(sc3ncn12)C[C@@H](C(C)(C)C)CC4. The van der Waals surface area contributed by atoms with Gasteiger partial charge in [-0.25, -0.2) is 4.98 Å². The number of nitrogens with one attached hydrogen (secondary N) is 1. The molecule has 1 amide bonds. The highest BCUT2D eigenvalue weighted by Gasteiger charge is 2.32. The van der Waals surface area contributed by atoms with E-state index in [9.17, 15) is 14.9 Å². The lowest BCUT2D eigenvalue weighted by Crippen LogP contribution is -2.26. The number of benzene rings is 1. The van der Waals surface area contributed by atoms with Crippen LogP contribution in [0.15, 0.2) is 23.6 Å². The van der Waals surface area contributed by atoms with Gasteiger partial charge in [-0.2, -0.15) is 0 Å². The van der Waals surface area contributed by atoms with Crippen LogP contribution in [0.1, 0.15) is 51.5 Å². The second-order valence-electron chi connectivity index (χ2n) is 10.7. The van der Waals surface area contributed by atoms with Crippen molar-refractivity contribution in [3.63, 3.8) is 0 Å². The molecule has 0 radical (unpaired) electrons. The molecule has 0 saturated carbocycles. The summed E-state index contributed by atoms with van der Waals surface area (Å²) in [5.74, 6) is 0.613. The predicted octanol–water partition coefficient (Wildman–Crippen LogP) is 5.93. The van der Waals surface area contributed by atoms with E-state index in [1.165, 1.54) is 34.3 Å². The summed E-state index contributed by atoms with van der Waals surface area (Å²) in [6.07, 6.45) is 4.91. The Kier molecular flexibility index (Phi) is 7.87. The monoisotopic (exact) mass is 584 g/mol. The summed E-state index contributed by atoms with van der Waals surface area (Å²) in [5.41, 5.74) is 2.42. The Morgan fingerprint density at radius 2 is 1.98 bits per heavy atom. The quantitative estimate of drug-likeness (QED) is 0.144. The van der Waals surface area contributed by atoms with Crippen molar-refractivity contribution < 1.29 is 19.2 Å². The molecular weight excluding hydrogens is 552 g/mol. The van der Waals surface area contributed by atoms with Gasteiger partial charge in [-0.1, -0.05) is 32.5 Å². The van der Waals surface area contributed by atoms with Gasteiger partial charge in [0.1, 0.15) is 16.9 Å². The third kappa shape index (κ3) is 5.44. The molecule has 1 N–H and O–H groups in total. The lowest BCUT2D eigenvalue weighted by atomic mass is 9.72. The molecule has 0 aliphatic heterocycles. The Morgan fingerprint density at radius 3 is 2.67 bits per heavy atom. The summed E-state index contributed by atoms with van der Waals surface area (Å²) in [7, 11) is 0. The zero-order valence-corrected chi connectivity index (χ0v) is 24.8. The molecular formula is C27H32N6O5S2. The van der Waals surface area contributed by atoms with Crippen LogP contribution in [0.2, 0.25) is 0 Å². The van der Waals surface area contributed by atoms with Crippen molar-refractivity contribution in [1.29, 1.82) is 0 Å². The number of aryl methyl sites for hydroxylation is 1. The summed E-state index contributed by atoms with van der Waals surface area (Å²) < 4.78 is 12.8. The minimum Gasteiger partial charge on any atom is -0.491 e. The van der Waals surface area contributed by atoms with Gasteiger partial charge in [0.25, 0.3) is 0 Å². The first-order valence-corrected chi connectivity index (χ1v) is 15.1. The van der Waals surface area contributed by atoms with Gasteiger partial charge in [-0.3, -0.25) is 19.3 Å². The molecule has 0 bridgehead atoms. The number of thiophene rings is 1. The topological polar surface area (TPSA) is 134 Å². The fourth-order valence-corrected chi connectivity index (χ4v) is 7.01. The van der Waals surface area contributed by atoms with E-state index in [0.717, 1.165) is 35.1 Å². The molecule has 1 aliphatic rings. The molecule has 3 heterocycles. The van der Waals surface area contributed by atoms with Gasteiger partial charge in [-0.15, -0.1) is 21.5 Å². The van der Waals surface area contributed by atoms with Crippen molar-refractivity contribution in [2.45, 2.75) is 59.0 Å². The van der Waals surface area contributed by atoms with E-state index in [0.29, 0.717) is 16.8 Å². The zero-order chi connectivity index (χ0) is 28.6. The second-order valence-corrected chi connectivity index (χ2v) is 12.7. The number of thioether (sulfide) groups is 1. The van der Waals surface area contributed by atoms with E-state index in [2.05, 4.69) is 36.3 Å². The fraction of sp³-hybridized carbons (Fsp3) is 0.481. The summed E-state index contributed by atoms with van der Waals surface area (Å²) >= 11 is 2.99. The van der Waals surface area contributed by atoms with Gasteiger partial charge in [0.05, 0.1) is 41.0 Å². The third-order valence-corrected chi connectivity index (χ3v) is 9.22. The fourth-order valence-electron chi connectivity index (χ4n) is 5.04. The second kappa shape index (κ2) is 11.2. The first-order chi connectivity index (χ1) is 19.1. The molecule has 0 fully saturated rings. The number of hydrogen-bond donors (Lipinski definition) is 1. The average molecular weight is 585 g/mol. The summed E-state index contributed by atoms with van der Waals surface area (Å²) in [6, 6.07) is 2.69. The number of fused-ring (bicyclic) bond motifs is 5. The number of nitro groups is 1. The van der Waals surface area contributed by atoms with Crippen molar-refractivity contribution in [3.05, 3.63) is 39.0 Å².